The van der Waals surface area contributed by atoms with E-state index in [0.717, 1.165) is 66.2 Å². The fraction of sp³-hybridized carbons (Fsp3) is 0.423. The Bertz CT molecular complexity index is 1010. The molecule has 31 heavy (non-hydrogen) atoms. The van der Waals surface area contributed by atoms with E-state index in [4.69, 9.17) is 14.2 Å². The SMILES string of the molecule is COC[C@@H]1CC[C@@H](COC)N1Cc1ccc2c(c1)CO/C2=C1/C(=O)Cc2ccccc21. The highest BCUT2D eigenvalue weighted by Crippen LogP contribution is 2.41. The summed E-state index contributed by atoms with van der Waals surface area (Å²) in [6, 6.07) is 15.4. The molecule has 1 fully saturated rings. The summed E-state index contributed by atoms with van der Waals surface area (Å²) in [4.78, 5) is 15.3. The van der Waals surface area contributed by atoms with Crippen LogP contribution in [0.15, 0.2) is 42.5 Å². The van der Waals surface area contributed by atoms with E-state index in [1.807, 2.05) is 24.3 Å². The fourth-order valence-electron chi connectivity index (χ4n) is 5.33. The molecule has 0 radical (unpaired) electrons. The second-order valence-electron chi connectivity index (χ2n) is 8.71. The summed E-state index contributed by atoms with van der Waals surface area (Å²) < 4.78 is 17.0. The summed E-state index contributed by atoms with van der Waals surface area (Å²) in [7, 11) is 3.54. The van der Waals surface area contributed by atoms with Crippen LogP contribution in [0.2, 0.25) is 0 Å². The summed E-state index contributed by atoms with van der Waals surface area (Å²) >= 11 is 0. The zero-order chi connectivity index (χ0) is 21.4. The molecule has 2 aromatic rings. The quantitative estimate of drug-likeness (QED) is 0.666. The van der Waals surface area contributed by atoms with Gasteiger partial charge >= 0.3 is 0 Å². The summed E-state index contributed by atoms with van der Waals surface area (Å²) in [5, 5.41) is 0. The molecule has 5 heteroatoms. The van der Waals surface area contributed by atoms with Crippen molar-refractivity contribution < 1.29 is 19.0 Å². The van der Waals surface area contributed by atoms with Gasteiger partial charge in [-0.25, -0.2) is 0 Å². The maximum atomic E-state index is 12.8. The molecule has 0 bridgehead atoms. The highest BCUT2D eigenvalue weighted by molar-refractivity contribution is 6.31. The van der Waals surface area contributed by atoms with Crippen LogP contribution in [0.3, 0.4) is 0 Å². The van der Waals surface area contributed by atoms with Crippen LogP contribution >= 0.6 is 0 Å². The van der Waals surface area contributed by atoms with Gasteiger partial charge in [0.25, 0.3) is 0 Å². The van der Waals surface area contributed by atoms with E-state index in [0.29, 0.717) is 25.1 Å². The fourth-order valence-corrected chi connectivity index (χ4v) is 5.33. The zero-order valence-electron chi connectivity index (χ0n) is 18.2. The van der Waals surface area contributed by atoms with Crippen LogP contribution in [0, 0.1) is 0 Å². The number of hydrogen-bond acceptors (Lipinski definition) is 5. The number of fused-ring (bicyclic) bond motifs is 2. The van der Waals surface area contributed by atoms with Gasteiger partial charge in [0.05, 0.1) is 18.8 Å². The molecule has 162 valence electrons. The Balaban J connectivity index is 1.43. The minimum absolute atomic E-state index is 0.148. The number of carbonyl (C=O) groups is 1. The van der Waals surface area contributed by atoms with E-state index >= 15 is 0 Å². The Hall–Kier alpha value is -2.47. The van der Waals surface area contributed by atoms with Crippen LogP contribution in [0.4, 0.5) is 0 Å². The number of methoxy groups -OCH3 is 2. The Morgan fingerprint density at radius 1 is 0.968 bits per heavy atom. The van der Waals surface area contributed by atoms with Gasteiger partial charge < -0.3 is 14.2 Å². The van der Waals surface area contributed by atoms with E-state index in [2.05, 4.69) is 23.1 Å². The monoisotopic (exact) mass is 419 g/mol. The average Bonchev–Trinajstić information content (AvgIpc) is 3.44. The van der Waals surface area contributed by atoms with Crippen molar-refractivity contribution in [2.75, 3.05) is 27.4 Å². The second-order valence-corrected chi connectivity index (χ2v) is 8.71. The highest BCUT2D eigenvalue weighted by atomic mass is 16.5. The summed E-state index contributed by atoms with van der Waals surface area (Å²) in [6.07, 6.45) is 2.73. The van der Waals surface area contributed by atoms with Crippen LogP contribution in [-0.2, 0) is 38.6 Å². The molecule has 0 N–H and O–H groups in total. The smallest absolute Gasteiger partial charge is 0.171 e. The lowest BCUT2D eigenvalue weighted by atomic mass is 9.99. The molecule has 1 saturated heterocycles. The van der Waals surface area contributed by atoms with Crippen molar-refractivity contribution in [3.8, 4) is 0 Å². The Labute approximate surface area is 183 Å². The molecule has 0 saturated carbocycles. The summed E-state index contributed by atoms with van der Waals surface area (Å²) in [6.45, 7) is 2.86. The van der Waals surface area contributed by atoms with Crippen molar-refractivity contribution in [3.05, 3.63) is 70.3 Å². The van der Waals surface area contributed by atoms with Gasteiger partial charge in [-0.1, -0.05) is 42.5 Å². The topological polar surface area (TPSA) is 48.0 Å². The van der Waals surface area contributed by atoms with Crippen molar-refractivity contribution in [2.24, 2.45) is 0 Å². The third-order valence-electron chi connectivity index (χ3n) is 6.78. The summed E-state index contributed by atoms with van der Waals surface area (Å²) in [5.41, 5.74) is 6.31. The van der Waals surface area contributed by atoms with E-state index in [-0.39, 0.29) is 5.78 Å². The van der Waals surface area contributed by atoms with Crippen LogP contribution in [0.25, 0.3) is 11.3 Å². The molecule has 1 aliphatic carbocycles. The lowest BCUT2D eigenvalue weighted by Crippen LogP contribution is -2.40. The molecular weight excluding hydrogens is 390 g/mol. The predicted molar refractivity (Wildman–Crippen MR) is 119 cm³/mol. The molecule has 2 heterocycles. The third-order valence-corrected chi connectivity index (χ3v) is 6.78. The number of hydrogen-bond donors (Lipinski definition) is 0. The number of ketones is 1. The van der Waals surface area contributed by atoms with Gasteiger partial charge in [0.2, 0.25) is 0 Å². The van der Waals surface area contributed by atoms with Crippen molar-refractivity contribution in [1.29, 1.82) is 0 Å². The molecule has 0 aromatic heterocycles. The van der Waals surface area contributed by atoms with Gasteiger partial charge in [-0.3, -0.25) is 9.69 Å². The molecule has 0 unspecified atom stereocenters. The number of carbonyl (C=O) groups excluding carboxylic acids is 1. The van der Waals surface area contributed by atoms with Gasteiger partial charge in [0.1, 0.15) is 12.4 Å². The maximum absolute atomic E-state index is 12.8. The molecule has 2 aromatic carbocycles. The first-order valence-electron chi connectivity index (χ1n) is 11.0. The van der Waals surface area contributed by atoms with Gasteiger partial charge in [-0.2, -0.15) is 0 Å². The van der Waals surface area contributed by atoms with Crippen LogP contribution in [0.1, 0.15) is 40.7 Å². The Morgan fingerprint density at radius 2 is 1.71 bits per heavy atom. The van der Waals surface area contributed by atoms with Gasteiger partial charge in [-0.15, -0.1) is 0 Å². The highest BCUT2D eigenvalue weighted by Gasteiger charge is 2.34. The molecule has 5 nitrogen and oxygen atoms in total. The number of rotatable bonds is 6. The maximum Gasteiger partial charge on any atom is 0.171 e. The van der Waals surface area contributed by atoms with Crippen molar-refractivity contribution >= 4 is 17.1 Å². The van der Waals surface area contributed by atoms with Gasteiger partial charge in [-0.05, 0) is 29.5 Å². The zero-order valence-corrected chi connectivity index (χ0v) is 18.2. The van der Waals surface area contributed by atoms with Gasteiger partial charge in [0.15, 0.2) is 5.78 Å². The predicted octanol–water partition coefficient (Wildman–Crippen LogP) is 3.84. The minimum Gasteiger partial charge on any atom is -0.487 e. The number of nitrogens with zero attached hydrogens (tertiary/aromatic N) is 1. The standard InChI is InChI=1S/C26H29NO4/c1-29-15-20-8-9-21(16-30-2)27(20)13-17-7-10-23-19(11-17)14-31-26(23)25-22-6-4-3-5-18(22)12-24(25)28/h3-7,10-11,20-21H,8-9,12-16H2,1-2H3/b26-25+/t20-,21-/m0/s1. The number of Topliss-reactive ketones (excluding diaryl/α,β-unsaturated/α-hetero) is 1. The van der Waals surface area contributed by atoms with E-state index in [1.54, 1.807) is 14.2 Å². The van der Waals surface area contributed by atoms with E-state index in [9.17, 15) is 4.79 Å². The molecule has 0 amide bonds. The second kappa shape index (κ2) is 8.58. The van der Waals surface area contributed by atoms with Crippen molar-refractivity contribution in [2.45, 2.75) is 44.5 Å². The van der Waals surface area contributed by atoms with Crippen LogP contribution in [0.5, 0.6) is 0 Å². The van der Waals surface area contributed by atoms with Crippen molar-refractivity contribution in [3.63, 3.8) is 0 Å². The molecule has 3 aliphatic rings. The molecule has 5 rings (SSSR count). The first kappa shape index (κ1) is 20.4. The largest absolute Gasteiger partial charge is 0.487 e. The lowest BCUT2D eigenvalue weighted by Gasteiger charge is -2.29. The summed E-state index contributed by atoms with van der Waals surface area (Å²) in [5.74, 6) is 0.891. The molecular formula is C26H29NO4. The average molecular weight is 420 g/mol. The number of likely N-dealkylation sites (tertiary alicyclic amines) is 1. The first-order valence-corrected chi connectivity index (χ1v) is 11.0. The Morgan fingerprint density at radius 3 is 2.45 bits per heavy atom. The molecule has 0 spiro atoms. The third kappa shape index (κ3) is 3.71. The van der Waals surface area contributed by atoms with E-state index in [1.165, 1.54) is 5.56 Å². The molecule has 2 atom stereocenters. The van der Waals surface area contributed by atoms with Crippen LogP contribution < -0.4 is 0 Å². The Kier molecular flexibility index (Phi) is 5.65. The van der Waals surface area contributed by atoms with Crippen LogP contribution in [-0.4, -0.2) is 50.2 Å². The van der Waals surface area contributed by atoms with Gasteiger partial charge in [0, 0.05) is 50.4 Å². The minimum atomic E-state index is 0.148. The normalized spacial score (nSPS) is 25.0. The first-order chi connectivity index (χ1) is 15.2. The molecule has 2 aliphatic heterocycles. The van der Waals surface area contributed by atoms with E-state index < -0.39 is 0 Å². The van der Waals surface area contributed by atoms with Crippen molar-refractivity contribution in [1.82, 2.24) is 4.90 Å². The lowest BCUT2D eigenvalue weighted by molar-refractivity contribution is -0.112. The number of ether oxygens (including phenoxy) is 3. The number of allylic oxidation sites excluding steroid dienone is 1. The number of benzene rings is 2.